The first kappa shape index (κ1) is 32.6. The smallest absolute Gasteiger partial charge is 0.264 e. The highest BCUT2D eigenvalue weighted by molar-refractivity contribution is 7.92. The lowest BCUT2D eigenvalue weighted by atomic mass is 10.1. The van der Waals surface area contributed by atoms with Crippen molar-refractivity contribution < 1.29 is 32.2 Å². The van der Waals surface area contributed by atoms with E-state index in [2.05, 4.69) is 15.8 Å². The van der Waals surface area contributed by atoms with Crippen molar-refractivity contribution in [3.05, 3.63) is 114 Å². The molecule has 0 spiro atoms. The Balaban J connectivity index is 1.32. The molecule has 2 amide bonds. The number of methoxy groups -OCH3 is 2. The lowest BCUT2D eigenvalue weighted by Crippen LogP contribution is -2.39. The van der Waals surface area contributed by atoms with Gasteiger partial charge in [-0.05, 0) is 66.1 Å². The van der Waals surface area contributed by atoms with E-state index in [0.29, 0.717) is 29.3 Å². The molecule has 0 saturated carbocycles. The van der Waals surface area contributed by atoms with Gasteiger partial charge in [0.2, 0.25) is 0 Å². The minimum atomic E-state index is -4.18. The standard InChI is InChI=1S/C33H34N4O7S/c1-42-30-18-17-29(21-31(30)43-2)45(40,41)37(27-11-7-4-8-12-27)23-32(38)36-35-22-26-13-15-28(16-14-26)44-24-33(39)34-20-19-25-9-5-3-6-10-25/h3-18,21-22H,19-20,23-24H2,1-2H3,(H,34,39)(H,36,38)/b35-22-. The number of sulfonamides is 1. The summed E-state index contributed by atoms with van der Waals surface area (Å²) in [6, 6.07) is 29.1. The second kappa shape index (κ2) is 15.9. The summed E-state index contributed by atoms with van der Waals surface area (Å²) in [5.74, 6) is 0.219. The van der Waals surface area contributed by atoms with E-state index in [-0.39, 0.29) is 23.2 Å². The van der Waals surface area contributed by atoms with Gasteiger partial charge < -0.3 is 19.5 Å². The number of carbonyl (C=O) groups excluding carboxylic acids is 2. The van der Waals surface area contributed by atoms with E-state index in [1.54, 1.807) is 54.6 Å². The summed E-state index contributed by atoms with van der Waals surface area (Å²) in [4.78, 5) is 24.9. The van der Waals surface area contributed by atoms with E-state index in [9.17, 15) is 18.0 Å². The van der Waals surface area contributed by atoms with Crippen molar-refractivity contribution in [2.45, 2.75) is 11.3 Å². The maximum Gasteiger partial charge on any atom is 0.264 e. The van der Waals surface area contributed by atoms with Crippen molar-refractivity contribution in [2.24, 2.45) is 5.10 Å². The highest BCUT2D eigenvalue weighted by Crippen LogP contribution is 2.32. The van der Waals surface area contributed by atoms with Crippen LogP contribution in [0.5, 0.6) is 17.2 Å². The van der Waals surface area contributed by atoms with Crippen LogP contribution in [0.25, 0.3) is 0 Å². The van der Waals surface area contributed by atoms with Gasteiger partial charge in [-0.1, -0.05) is 48.5 Å². The Labute approximate surface area is 262 Å². The molecule has 0 aliphatic carbocycles. The van der Waals surface area contributed by atoms with Gasteiger partial charge in [0.15, 0.2) is 18.1 Å². The van der Waals surface area contributed by atoms with E-state index < -0.39 is 22.5 Å². The third-order valence-electron chi connectivity index (χ3n) is 6.51. The molecule has 11 nitrogen and oxygen atoms in total. The fourth-order valence-electron chi connectivity index (χ4n) is 4.20. The van der Waals surface area contributed by atoms with Crippen LogP contribution in [0, 0.1) is 0 Å². The maximum atomic E-state index is 13.6. The first-order valence-electron chi connectivity index (χ1n) is 14.0. The van der Waals surface area contributed by atoms with Crippen LogP contribution in [0.2, 0.25) is 0 Å². The zero-order valence-electron chi connectivity index (χ0n) is 24.9. The fourth-order valence-corrected chi connectivity index (χ4v) is 5.64. The van der Waals surface area contributed by atoms with E-state index in [4.69, 9.17) is 14.2 Å². The Kier molecular flexibility index (Phi) is 11.5. The molecule has 0 fully saturated rings. The van der Waals surface area contributed by atoms with Crippen LogP contribution in [0.3, 0.4) is 0 Å². The first-order chi connectivity index (χ1) is 21.8. The summed E-state index contributed by atoms with van der Waals surface area (Å²) in [6.07, 6.45) is 2.14. The molecule has 0 aliphatic rings. The molecule has 0 unspecified atom stereocenters. The lowest BCUT2D eigenvalue weighted by molar-refractivity contribution is -0.123. The monoisotopic (exact) mass is 630 g/mol. The molecule has 4 aromatic rings. The van der Waals surface area contributed by atoms with Crippen LogP contribution in [-0.2, 0) is 26.0 Å². The normalized spacial score (nSPS) is 11.1. The Morgan fingerprint density at radius 3 is 2.16 bits per heavy atom. The topological polar surface area (TPSA) is 136 Å². The number of hydrogen-bond donors (Lipinski definition) is 2. The number of nitrogens with zero attached hydrogens (tertiary/aromatic N) is 2. The van der Waals surface area contributed by atoms with E-state index in [1.165, 1.54) is 38.6 Å². The second-order valence-corrected chi connectivity index (χ2v) is 11.5. The summed E-state index contributed by atoms with van der Waals surface area (Å²) < 4.78 is 44.3. The molecule has 0 radical (unpaired) electrons. The molecule has 0 bridgehead atoms. The number of para-hydroxylation sites is 1. The molecule has 4 rings (SSSR count). The minimum absolute atomic E-state index is 0.0766. The van der Waals surface area contributed by atoms with Crippen molar-refractivity contribution in [3.8, 4) is 17.2 Å². The van der Waals surface area contributed by atoms with Crippen LogP contribution in [0.4, 0.5) is 5.69 Å². The first-order valence-corrected chi connectivity index (χ1v) is 15.4. The molecular formula is C33H34N4O7S. The van der Waals surface area contributed by atoms with Crippen LogP contribution < -0.4 is 29.3 Å². The van der Waals surface area contributed by atoms with Crippen LogP contribution in [-0.4, -0.2) is 60.4 Å². The van der Waals surface area contributed by atoms with Gasteiger partial charge in [-0.3, -0.25) is 13.9 Å². The molecule has 0 saturated heterocycles. The molecule has 0 heterocycles. The average Bonchev–Trinajstić information content (AvgIpc) is 3.07. The van der Waals surface area contributed by atoms with Crippen molar-refractivity contribution in [1.82, 2.24) is 10.7 Å². The van der Waals surface area contributed by atoms with E-state index in [0.717, 1.165) is 16.3 Å². The molecular weight excluding hydrogens is 596 g/mol. The molecule has 12 heteroatoms. The van der Waals surface area contributed by atoms with Crippen molar-refractivity contribution in [2.75, 3.05) is 38.2 Å². The molecule has 0 atom stereocenters. The van der Waals surface area contributed by atoms with Crippen LogP contribution in [0.1, 0.15) is 11.1 Å². The number of hydrogen-bond acceptors (Lipinski definition) is 8. The number of ether oxygens (including phenoxy) is 3. The van der Waals surface area contributed by atoms with Crippen LogP contribution in [0.15, 0.2) is 113 Å². The third kappa shape index (κ3) is 9.31. The van der Waals surface area contributed by atoms with Crippen molar-refractivity contribution >= 4 is 33.7 Å². The molecule has 0 aliphatic heterocycles. The third-order valence-corrected chi connectivity index (χ3v) is 8.28. The maximum absolute atomic E-state index is 13.6. The highest BCUT2D eigenvalue weighted by atomic mass is 32.2. The van der Waals surface area contributed by atoms with E-state index >= 15 is 0 Å². The zero-order valence-corrected chi connectivity index (χ0v) is 25.7. The van der Waals surface area contributed by atoms with Gasteiger partial charge in [-0.25, -0.2) is 13.8 Å². The zero-order chi connectivity index (χ0) is 32.1. The number of amides is 2. The van der Waals surface area contributed by atoms with Crippen LogP contribution >= 0.6 is 0 Å². The summed E-state index contributed by atoms with van der Waals surface area (Å²) in [5, 5.41) is 6.79. The number of benzene rings is 4. The summed E-state index contributed by atoms with van der Waals surface area (Å²) >= 11 is 0. The minimum Gasteiger partial charge on any atom is -0.493 e. The summed E-state index contributed by atoms with van der Waals surface area (Å²) in [6.45, 7) is -0.140. The Bertz CT molecular complexity index is 1700. The van der Waals surface area contributed by atoms with Crippen molar-refractivity contribution in [3.63, 3.8) is 0 Å². The largest absolute Gasteiger partial charge is 0.493 e. The Hall–Kier alpha value is -5.36. The van der Waals surface area contributed by atoms with Gasteiger partial charge in [-0.2, -0.15) is 5.10 Å². The predicted molar refractivity (Wildman–Crippen MR) is 171 cm³/mol. The lowest BCUT2D eigenvalue weighted by Gasteiger charge is -2.24. The SMILES string of the molecule is COc1ccc(S(=O)(=O)N(CC(=O)N/N=C\c2ccc(OCC(=O)NCCc3ccccc3)cc2)c2ccccc2)cc1OC. The number of rotatable bonds is 15. The number of nitrogens with one attached hydrogen (secondary N) is 2. The Morgan fingerprint density at radius 1 is 0.822 bits per heavy atom. The number of anilines is 1. The number of carbonyl (C=O) groups is 2. The van der Waals surface area contributed by atoms with Gasteiger partial charge in [-0.15, -0.1) is 0 Å². The molecule has 45 heavy (non-hydrogen) atoms. The molecule has 0 aromatic heterocycles. The molecule has 2 N–H and O–H groups in total. The van der Waals surface area contributed by atoms with Gasteiger partial charge >= 0.3 is 0 Å². The van der Waals surface area contributed by atoms with Gasteiger partial charge in [0.25, 0.3) is 21.8 Å². The second-order valence-electron chi connectivity index (χ2n) is 9.60. The van der Waals surface area contributed by atoms with E-state index in [1.807, 2.05) is 30.3 Å². The van der Waals surface area contributed by atoms with Gasteiger partial charge in [0.1, 0.15) is 12.3 Å². The average molecular weight is 631 g/mol. The summed E-state index contributed by atoms with van der Waals surface area (Å²) in [7, 11) is -1.32. The summed E-state index contributed by atoms with van der Waals surface area (Å²) in [5.41, 5.74) is 4.46. The highest BCUT2D eigenvalue weighted by Gasteiger charge is 2.28. The van der Waals surface area contributed by atoms with Gasteiger partial charge in [0.05, 0.1) is 31.0 Å². The van der Waals surface area contributed by atoms with Crippen molar-refractivity contribution in [1.29, 1.82) is 0 Å². The molecule has 4 aromatic carbocycles. The quantitative estimate of drug-likeness (QED) is 0.151. The fraction of sp³-hybridized carbons (Fsp3) is 0.182. The number of hydrazone groups is 1. The predicted octanol–water partition coefficient (Wildman–Crippen LogP) is 3.79. The molecule has 234 valence electrons. The van der Waals surface area contributed by atoms with Gasteiger partial charge in [0, 0.05) is 12.6 Å². The Morgan fingerprint density at radius 2 is 1.49 bits per heavy atom.